The fraction of sp³-hybridized carbons (Fsp3) is 0.261. The van der Waals surface area contributed by atoms with Gasteiger partial charge in [0, 0.05) is 27.7 Å². The first-order valence-electron chi connectivity index (χ1n) is 10.2. The van der Waals surface area contributed by atoms with E-state index in [4.69, 9.17) is 5.11 Å². The number of fused-ring (bicyclic) bond motifs is 1. The van der Waals surface area contributed by atoms with Crippen molar-refractivity contribution in [3.8, 4) is 5.69 Å². The monoisotopic (exact) mass is 474 g/mol. The summed E-state index contributed by atoms with van der Waals surface area (Å²) < 4.78 is 40.2. The van der Waals surface area contributed by atoms with E-state index in [2.05, 4.69) is 10.2 Å². The Bertz CT molecular complexity index is 1290. The van der Waals surface area contributed by atoms with Crippen LogP contribution in [0.25, 0.3) is 16.6 Å². The van der Waals surface area contributed by atoms with Gasteiger partial charge in [-0.15, -0.1) is 11.8 Å². The van der Waals surface area contributed by atoms with Gasteiger partial charge in [-0.05, 0) is 54.4 Å². The maximum atomic E-state index is 12.8. The van der Waals surface area contributed by atoms with Gasteiger partial charge in [0.25, 0.3) is 0 Å². The average molecular weight is 475 g/mol. The molecule has 0 fully saturated rings. The summed E-state index contributed by atoms with van der Waals surface area (Å²) in [7, 11) is 0. The molecular weight excluding hydrogens is 453 g/mol. The smallest absolute Gasteiger partial charge is 0.416 e. The van der Waals surface area contributed by atoms with E-state index < -0.39 is 17.7 Å². The first kappa shape index (κ1) is 22.9. The molecule has 0 atom stereocenters. The lowest BCUT2D eigenvalue weighted by molar-refractivity contribution is -0.138. The second-order valence-corrected chi connectivity index (χ2v) is 8.92. The van der Waals surface area contributed by atoms with E-state index in [0.29, 0.717) is 11.4 Å². The molecule has 10 heteroatoms. The van der Waals surface area contributed by atoms with Gasteiger partial charge in [0.15, 0.2) is 0 Å². The number of hydrogen-bond acceptors (Lipinski definition) is 4. The van der Waals surface area contributed by atoms with Crippen molar-refractivity contribution in [3.05, 3.63) is 71.7 Å². The van der Waals surface area contributed by atoms with E-state index >= 15 is 0 Å². The van der Waals surface area contributed by atoms with Crippen LogP contribution in [-0.4, -0.2) is 30.6 Å². The highest BCUT2D eigenvalue weighted by molar-refractivity contribution is 7.98. The molecule has 0 radical (unpaired) electrons. The number of nitrogens with zero attached hydrogens (tertiary/aromatic N) is 4. The van der Waals surface area contributed by atoms with Crippen LogP contribution >= 0.6 is 11.8 Å². The lowest BCUT2D eigenvalue weighted by Crippen LogP contribution is -2.06. The zero-order chi connectivity index (χ0) is 23.8. The SMILES string of the molecule is CC(C)c1nn(-c2ccc(C(F)(F)F)cc2)nc1CSc1ccc2c(ccn2CC(=O)O)c1. The van der Waals surface area contributed by atoms with E-state index in [0.717, 1.165) is 39.3 Å². The van der Waals surface area contributed by atoms with E-state index in [1.165, 1.54) is 16.9 Å². The molecule has 0 saturated heterocycles. The van der Waals surface area contributed by atoms with Crippen LogP contribution in [0.2, 0.25) is 0 Å². The summed E-state index contributed by atoms with van der Waals surface area (Å²) in [5.74, 6) is -0.269. The van der Waals surface area contributed by atoms with E-state index in [-0.39, 0.29) is 12.5 Å². The highest BCUT2D eigenvalue weighted by atomic mass is 32.2. The standard InChI is InChI=1S/C23H21F3N4O2S/c1-14(2)22-19(27-30(28-22)17-5-3-16(4-6-17)23(24,25)26)13-33-18-7-8-20-15(11-18)9-10-29(20)12-21(31)32/h3-11,14H,12-13H2,1-2H3,(H,31,32). The summed E-state index contributed by atoms with van der Waals surface area (Å²) in [6, 6.07) is 12.5. The summed E-state index contributed by atoms with van der Waals surface area (Å²) in [5.41, 5.74) is 2.14. The topological polar surface area (TPSA) is 72.9 Å². The van der Waals surface area contributed by atoms with Gasteiger partial charge >= 0.3 is 12.1 Å². The minimum absolute atomic E-state index is 0.0938. The van der Waals surface area contributed by atoms with Crippen molar-refractivity contribution in [2.24, 2.45) is 0 Å². The fourth-order valence-electron chi connectivity index (χ4n) is 3.50. The van der Waals surface area contributed by atoms with Crippen molar-refractivity contribution in [3.63, 3.8) is 0 Å². The van der Waals surface area contributed by atoms with Gasteiger partial charge < -0.3 is 9.67 Å². The van der Waals surface area contributed by atoms with Crippen molar-refractivity contribution >= 4 is 28.6 Å². The van der Waals surface area contributed by atoms with Crippen LogP contribution in [-0.2, 0) is 23.3 Å². The Kier molecular flexibility index (Phi) is 6.20. The Morgan fingerprint density at radius 3 is 2.45 bits per heavy atom. The van der Waals surface area contributed by atoms with Crippen LogP contribution in [0.1, 0.15) is 36.7 Å². The molecule has 0 unspecified atom stereocenters. The number of carboxylic acid groups (broad SMARTS) is 1. The molecule has 0 aliphatic carbocycles. The van der Waals surface area contributed by atoms with Crippen LogP contribution in [0.4, 0.5) is 13.2 Å². The molecule has 2 aromatic carbocycles. The number of carbonyl (C=O) groups is 1. The fourth-order valence-corrected chi connectivity index (χ4v) is 4.39. The number of rotatable bonds is 7. The molecule has 0 amide bonds. The molecule has 0 aliphatic heterocycles. The Morgan fingerprint density at radius 1 is 1.09 bits per heavy atom. The van der Waals surface area contributed by atoms with Crippen molar-refractivity contribution < 1.29 is 23.1 Å². The predicted octanol–water partition coefficient (Wildman–Crippen LogP) is 5.74. The molecule has 33 heavy (non-hydrogen) atoms. The van der Waals surface area contributed by atoms with Crippen LogP contribution in [0.15, 0.2) is 59.6 Å². The molecular formula is C23H21F3N4O2S. The zero-order valence-corrected chi connectivity index (χ0v) is 18.7. The van der Waals surface area contributed by atoms with Gasteiger partial charge in [-0.3, -0.25) is 4.79 Å². The van der Waals surface area contributed by atoms with Gasteiger partial charge in [-0.25, -0.2) is 0 Å². The molecule has 4 rings (SSSR count). The summed E-state index contributed by atoms with van der Waals surface area (Å²) in [6.07, 6.45) is -2.64. The number of hydrogen-bond donors (Lipinski definition) is 1. The third kappa shape index (κ3) is 5.05. The van der Waals surface area contributed by atoms with Crippen molar-refractivity contribution in [1.29, 1.82) is 0 Å². The predicted molar refractivity (Wildman–Crippen MR) is 120 cm³/mol. The Balaban J connectivity index is 1.54. The molecule has 2 heterocycles. The normalized spacial score (nSPS) is 12.1. The highest BCUT2D eigenvalue weighted by Crippen LogP contribution is 2.31. The summed E-state index contributed by atoms with van der Waals surface area (Å²) in [5, 5.41) is 19.0. The molecule has 4 aromatic rings. The van der Waals surface area contributed by atoms with Crippen molar-refractivity contribution in [2.45, 2.75) is 43.1 Å². The Labute approximate surface area is 192 Å². The van der Waals surface area contributed by atoms with Crippen LogP contribution in [0.5, 0.6) is 0 Å². The number of aromatic nitrogens is 4. The molecule has 6 nitrogen and oxygen atoms in total. The largest absolute Gasteiger partial charge is 0.480 e. The number of carboxylic acids is 1. The first-order chi connectivity index (χ1) is 15.6. The molecule has 0 saturated carbocycles. The molecule has 1 N–H and O–H groups in total. The van der Waals surface area contributed by atoms with Crippen molar-refractivity contribution in [1.82, 2.24) is 19.6 Å². The summed E-state index contributed by atoms with van der Waals surface area (Å²) in [6.45, 7) is 3.89. The molecule has 172 valence electrons. The van der Waals surface area contributed by atoms with Gasteiger partial charge in [0.05, 0.1) is 22.6 Å². The number of halogens is 3. The minimum Gasteiger partial charge on any atom is -0.480 e. The van der Waals surface area contributed by atoms with Gasteiger partial charge in [-0.1, -0.05) is 13.8 Å². The Hall–Kier alpha value is -3.27. The van der Waals surface area contributed by atoms with E-state index in [1.54, 1.807) is 22.5 Å². The highest BCUT2D eigenvalue weighted by Gasteiger charge is 2.30. The van der Waals surface area contributed by atoms with Crippen LogP contribution in [0.3, 0.4) is 0 Å². The van der Waals surface area contributed by atoms with Crippen LogP contribution < -0.4 is 0 Å². The summed E-state index contributed by atoms with van der Waals surface area (Å²) in [4.78, 5) is 13.4. The third-order valence-electron chi connectivity index (χ3n) is 5.11. The van der Waals surface area contributed by atoms with Crippen LogP contribution in [0, 0.1) is 0 Å². The number of thioether (sulfide) groups is 1. The second kappa shape index (κ2) is 8.93. The van der Waals surface area contributed by atoms with E-state index in [1.807, 2.05) is 38.1 Å². The average Bonchev–Trinajstić information content (AvgIpc) is 3.36. The second-order valence-electron chi connectivity index (χ2n) is 7.87. The van der Waals surface area contributed by atoms with Crippen molar-refractivity contribution in [2.75, 3.05) is 0 Å². The zero-order valence-electron chi connectivity index (χ0n) is 17.9. The summed E-state index contributed by atoms with van der Waals surface area (Å²) >= 11 is 1.57. The Morgan fingerprint density at radius 2 is 1.82 bits per heavy atom. The van der Waals surface area contributed by atoms with Gasteiger partial charge in [0.2, 0.25) is 0 Å². The third-order valence-corrected chi connectivity index (χ3v) is 6.11. The quantitative estimate of drug-likeness (QED) is 0.346. The maximum absolute atomic E-state index is 12.8. The van der Waals surface area contributed by atoms with Gasteiger partial charge in [0.1, 0.15) is 6.54 Å². The molecule has 2 aromatic heterocycles. The minimum atomic E-state index is -4.39. The first-order valence-corrected chi connectivity index (χ1v) is 11.2. The van der Waals surface area contributed by atoms with Gasteiger partial charge in [-0.2, -0.15) is 28.2 Å². The molecule has 0 aliphatic rings. The van der Waals surface area contributed by atoms with E-state index in [9.17, 15) is 18.0 Å². The lowest BCUT2D eigenvalue weighted by atomic mass is 10.1. The number of benzene rings is 2. The molecule has 0 spiro atoms. The lowest BCUT2D eigenvalue weighted by Gasteiger charge is -2.07. The number of aliphatic carboxylic acids is 1. The maximum Gasteiger partial charge on any atom is 0.416 e. The molecule has 0 bridgehead atoms. The number of alkyl halides is 3.